The minimum absolute atomic E-state index is 0.676. The van der Waals surface area contributed by atoms with E-state index in [0.717, 1.165) is 6.42 Å². The molecule has 0 radical (unpaired) electrons. The van der Waals surface area contributed by atoms with Crippen molar-refractivity contribution in [1.29, 1.82) is 0 Å². The van der Waals surface area contributed by atoms with E-state index in [2.05, 4.69) is 57.0 Å². The van der Waals surface area contributed by atoms with Gasteiger partial charge in [0.2, 0.25) is 0 Å². The molecule has 1 heteroatoms. The molecule has 1 rings (SSSR count). The molecular formula is C17H29N. The third kappa shape index (κ3) is 4.36. The van der Waals surface area contributed by atoms with Crippen molar-refractivity contribution in [3.8, 4) is 0 Å². The van der Waals surface area contributed by atoms with Crippen molar-refractivity contribution >= 4 is 0 Å². The average Bonchev–Trinajstić information content (AvgIpc) is 2.38. The SMILES string of the molecule is CCC/C=C/C/C=C\C1=C(CC)CCC(C)N1C. The summed E-state index contributed by atoms with van der Waals surface area (Å²) in [6.07, 6.45) is 16.4. The van der Waals surface area contributed by atoms with E-state index in [0.29, 0.717) is 6.04 Å². The standard InChI is InChI=1S/C17H29N/c1-5-7-8-9-10-11-12-17-16(6-2)14-13-15(3)18(17)4/h8-9,11-12,15H,5-7,10,13-14H2,1-4H3/b9-8+,12-11-. The minimum atomic E-state index is 0.676. The topological polar surface area (TPSA) is 3.24 Å². The van der Waals surface area contributed by atoms with Gasteiger partial charge in [-0.05, 0) is 50.7 Å². The van der Waals surface area contributed by atoms with Gasteiger partial charge in [-0.1, -0.05) is 38.5 Å². The maximum Gasteiger partial charge on any atom is 0.0354 e. The molecule has 0 aromatic rings. The van der Waals surface area contributed by atoms with Crippen LogP contribution in [0.1, 0.15) is 59.3 Å². The molecule has 0 saturated heterocycles. The molecular weight excluding hydrogens is 218 g/mol. The van der Waals surface area contributed by atoms with Gasteiger partial charge in [0, 0.05) is 18.8 Å². The lowest BCUT2D eigenvalue weighted by atomic mass is 9.95. The quantitative estimate of drug-likeness (QED) is 0.592. The van der Waals surface area contributed by atoms with Crippen molar-refractivity contribution in [2.45, 2.75) is 65.3 Å². The summed E-state index contributed by atoms with van der Waals surface area (Å²) in [4.78, 5) is 2.44. The van der Waals surface area contributed by atoms with Crippen molar-refractivity contribution in [3.05, 3.63) is 35.6 Å². The Morgan fingerprint density at radius 1 is 1.22 bits per heavy atom. The lowest BCUT2D eigenvalue weighted by Gasteiger charge is -2.35. The summed E-state index contributed by atoms with van der Waals surface area (Å²) in [5, 5.41) is 0. The Kier molecular flexibility index (Phi) is 6.85. The van der Waals surface area contributed by atoms with Crippen molar-refractivity contribution < 1.29 is 0 Å². The number of unbranched alkanes of at least 4 members (excludes halogenated alkanes) is 1. The van der Waals surface area contributed by atoms with Crippen LogP contribution in [0.4, 0.5) is 0 Å². The molecule has 1 heterocycles. The maximum absolute atomic E-state index is 2.44. The summed E-state index contributed by atoms with van der Waals surface area (Å²) >= 11 is 0. The summed E-state index contributed by atoms with van der Waals surface area (Å²) in [5.41, 5.74) is 3.07. The summed E-state index contributed by atoms with van der Waals surface area (Å²) in [6.45, 7) is 6.81. The van der Waals surface area contributed by atoms with Gasteiger partial charge in [-0.2, -0.15) is 0 Å². The Balaban J connectivity index is 2.60. The van der Waals surface area contributed by atoms with Crippen LogP contribution < -0.4 is 0 Å². The van der Waals surface area contributed by atoms with Gasteiger partial charge in [0.1, 0.15) is 0 Å². The molecule has 0 aliphatic carbocycles. The van der Waals surface area contributed by atoms with Gasteiger partial charge in [-0.3, -0.25) is 0 Å². The van der Waals surface area contributed by atoms with E-state index < -0.39 is 0 Å². The molecule has 0 fully saturated rings. The molecule has 0 bridgehead atoms. The van der Waals surface area contributed by atoms with Crippen LogP contribution >= 0.6 is 0 Å². The van der Waals surface area contributed by atoms with Crippen LogP contribution in [0.15, 0.2) is 35.6 Å². The molecule has 0 saturated carbocycles. The number of hydrogen-bond donors (Lipinski definition) is 0. The molecule has 0 amide bonds. The Morgan fingerprint density at radius 3 is 2.67 bits per heavy atom. The first-order chi connectivity index (χ1) is 8.70. The molecule has 18 heavy (non-hydrogen) atoms. The zero-order valence-corrected chi connectivity index (χ0v) is 12.6. The Bertz CT molecular complexity index is 323. The third-order valence-corrected chi connectivity index (χ3v) is 3.86. The fraction of sp³-hybridized carbons (Fsp3) is 0.647. The third-order valence-electron chi connectivity index (χ3n) is 3.86. The highest BCUT2D eigenvalue weighted by molar-refractivity contribution is 5.27. The largest absolute Gasteiger partial charge is 0.372 e. The molecule has 1 atom stereocenters. The van der Waals surface area contributed by atoms with E-state index in [-0.39, 0.29) is 0 Å². The minimum Gasteiger partial charge on any atom is -0.372 e. The summed E-state index contributed by atoms with van der Waals surface area (Å²) in [7, 11) is 2.23. The lowest BCUT2D eigenvalue weighted by Crippen LogP contribution is -2.32. The molecule has 0 spiro atoms. The van der Waals surface area contributed by atoms with Crippen LogP contribution in [0.25, 0.3) is 0 Å². The van der Waals surface area contributed by atoms with E-state index in [1.54, 1.807) is 5.57 Å². The summed E-state index contributed by atoms with van der Waals surface area (Å²) in [5.74, 6) is 0. The van der Waals surface area contributed by atoms with Gasteiger partial charge in [-0.15, -0.1) is 0 Å². The molecule has 1 aliphatic heterocycles. The second kappa shape index (κ2) is 8.18. The van der Waals surface area contributed by atoms with Crippen molar-refractivity contribution in [2.24, 2.45) is 0 Å². The summed E-state index contributed by atoms with van der Waals surface area (Å²) in [6, 6.07) is 0.676. The van der Waals surface area contributed by atoms with Crippen LogP contribution in [0.5, 0.6) is 0 Å². The highest BCUT2D eigenvalue weighted by atomic mass is 15.1. The Hall–Kier alpha value is -0.980. The smallest absolute Gasteiger partial charge is 0.0354 e. The number of allylic oxidation sites excluding steroid dienone is 5. The van der Waals surface area contributed by atoms with Gasteiger partial charge < -0.3 is 4.90 Å². The second-order valence-electron chi connectivity index (χ2n) is 5.24. The van der Waals surface area contributed by atoms with Crippen LogP contribution in [0.3, 0.4) is 0 Å². The van der Waals surface area contributed by atoms with Gasteiger partial charge in [-0.25, -0.2) is 0 Å². The van der Waals surface area contributed by atoms with E-state index in [9.17, 15) is 0 Å². The molecule has 1 aliphatic rings. The summed E-state index contributed by atoms with van der Waals surface area (Å²) < 4.78 is 0. The maximum atomic E-state index is 2.44. The first-order valence-electron chi connectivity index (χ1n) is 7.47. The number of rotatable bonds is 6. The highest BCUT2D eigenvalue weighted by Crippen LogP contribution is 2.28. The monoisotopic (exact) mass is 247 g/mol. The molecule has 0 aromatic carbocycles. The van der Waals surface area contributed by atoms with Gasteiger partial charge >= 0.3 is 0 Å². The number of likely N-dealkylation sites (N-methyl/N-ethyl adjacent to an activating group) is 1. The lowest BCUT2D eigenvalue weighted by molar-refractivity contribution is 0.290. The highest BCUT2D eigenvalue weighted by Gasteiger charge is 2.19. The number of hydrogen-bond acceptors (Lipinski definition) is 1. The zero-order chi connectivity index (χ0) is 13.4. The van der Waals surface area contributed by atoms with Crippen molar-refractivity contribution in [3.63, 3.8) is 0 Å². The van der Waals surface area contributed by atoms with Crippen LogP contribution in [-0.4, -0.2) is 18.0 Å². The molecule has 102 valence electrons. The fourth-order valence-corrected chi connectivity index (χ4v) is 2.42. The Labute approximate surface area is 113 Å². The van der Waals surface area contributed by atoms with Crippen molar-refractivity contribution in [2.75, 3.05) is 7.05 Å². The van der Waals surface area contributed by atoms with E-state index in [1.807, 2.05) is 0 Å². The first-order valence-corrected chi connectivity index (χ1v) is 7.47. The fourth-order valence-electron chi connectivity index (χ4n) is 2.42. The van der Waals surface area contributed by atoms with Gasteiger partial charge in [0.15, 0.2) is 0 Å². The van der Waals surface area contributed by atoms with Crippen LogP contribution in [0.2, 0.25) is 0 Å². The molecule has 1 unspecified atom stereocenters. The second-order valence-corrected chi connectivity index (χ2v) is 5.24. The number of nitrogens with zero attached hydrogens (tertiary/aromatic N) is 1. The van der Waals surface area contributed by atoms with Crippen molar-refractivity contribution in [1.82, 2.24) is 4.90 Å². The molecule has 1 nitrogen and oxygen atoms in total. The first kappa shape index (κ1) is 15.1. The van der Waals surface area contributed by atoms with Gasteiger partial charge in [0.05, 0.1) is 0 Å². The predicted octanol–water partition coefficient (Wildman–Crippen LogP) is 5.07. The molecule has 0 aromatic heterocycles. The molecule has 0 N–H and O–H groups in total. The normalized spacial score (nSPS) is 21.6. The zero-order valence-electron chi connectivity index (χ0n) is 12.6. The van der Waals surface area contributed by atoms with E-state index in [4.69, 9.17) is 0 Å². The Morgan fingerprint density at radius 2 is 2.00 bits per heavy atom. The van der Waals surface area contributed by atoms with Gasteiger partial charge in [0.25, 0.3) is 0 Å². The van der Waals surface area contributed by atoms with E-state index >= 15 is 0 Å². The van der Waals surface area contributed by atoms with Crippen LogP contribution in [0, 0.1) is 0 Å². The predicted molar refractivity (Wildman–Crippen MR) is 81.6 cm³/mol. The van der Waals surface area contributed by atoms with E-state index in [1.165, 1.54) is 37.8 Å². The van der Waals surface area contributed by atoms with Crippen LogP contribution in [-0.2, 0) is 0 Å². The average molecular weight is 247 g/mol.